The number of carbonyl (C=O) groups excluding carboxylic acids is 2. The summed E-state index contributed by atoms with van der Waals surface area (Å²) in [5.41, 5.74) is 2.41. The minimum Gasteiger partial charge on any atom is -0.497 e. The summed E-state index contributed by atoms with van der Waals surface area (Å²) in [5, 5.41) is 2.61. The van der Waals surface area contributed by atoms with Crippen molar-refractivity contribution in [3.8, 4) is 5.75 Å². The molecular weight excluding hydrogens is 589 g/mol. The van der Waals surface area contributed by atoms with Crippen LogP contribution in [-0.4, -0.2) is 56.7 Å². The van der Waals surface area contributed by atoms with Gasteiger partial charge >= 0.3 is 12.1 Å². The molecule has 0 aliphatic heterocycles. The number of rotatable bonds is 17. The first-order valence-electron chi connectivity index (χ1n) is 15.7. The summed E-state index contributed by atoms with van der Waals surface area (Å²) in [4.78, 5) is 25.0. The zero-order chi connectivity index (χ0) is 33.5. The molecule has 0 aliphatic rings. The van der Waals surface area contributed by atoms with Gasteiger partial charge in [-0.25, -0.2) is 14.0 Å². The topological polar surface area (TPSA) is 92.3 Å². The Hall–Kier alpha value is -3.95. The van der Waals surface area contributed by atoms with Crippen LogP contribution in [0.2, 0.25) is 0 Å². The van der Waals surface area contributed by atoms with Crippen LogP contribution in [0.3, 0.4) is 0 Å². The van der Waals surface area contributed by atoms with Crippen molar-refractivity contribution >= 4 is 12.1 Å². The molecule has 0 spiro atoms. The van der Waals surface area contributed by atoms with E-state index < -0.39 is 23.7 Å². The number of nitrogens with one attached hydrogen (secondary N) is 1. The molecular formula is C37H48FNO7. The number of methoxy groups -OCH3 is 2. The maximum atomic E-state index is 13.8. The fourth-order valence-electron chi connectivity index (χ4n) is 5.12. The van der Waals surface area contributed by atoms with Gasteiger partial charge in [0.25, 0.3) is 0 Å². The highest BCUT2D eigenvalue weighted by Gasteiger charge is 2.30. The van der Waals surface area contributed by atoms with Crippen molar-refractivity contribution in [3.63, 3.8) is 0 Å². The molecule has 0 radical (unpaired) electrons. The van der Waals surface area contributed by atoms with E-state index in [-0.39, 0.29) is 37.0 Å². The van der Waals surface area contributed by atoms with Gasteiger partial charge in [-0.1, -0.05) is 54.6 Å². The van der Waals surface area contributed by atoms with Gasteiger partial charge < -0.3 is 29.0 Å². The van der Waals surface area contributed by atoms with Gasteiger partial charge in [0.05, 0.1) is 33.0 Å². The van der Waals surface area contributed by atoms with Crippen molar-refractivity contribution in [1.82, 2.24) is 5.32 Å². The van der Waals surface area contributed by atoms with Gasteiger partial charge in [-0.05, 0) is 87.9 Å². The Morgan fingerprint density at radius 3 is 2.09 bits per heavy atom. The van der Waals surface area contributed by atoms with E-state index in [0.29, 0.717) is 19.4 Å². The molecule has 0 unspecified atom stereocenters. The van der Waals surface area contributed by atoms with E-state index in [1.807, 2.05) is 49.4 Å². The second-order valence-corrected chi connectivity index (χ2v) is 12.3. The van der Waals surface area contributed by atoms with Gasteiger partial charge in [0.15, 0.2) is 0 Å². The van der Waals surface area contributed by atoms with E-state index in [0.717, 1.165) is 23.3 Å². The summed E-state index contributed by atoms with van der Waals surface area (Å²) in [7, 11) is 2.90. The molecule has 3 rings (SSSR count). The first kappa shape index (κ1) is 36.5. The van der Waals surface area contributed by atoms with Gasteiger partial charge in [0, 0.05) is 18.9 Å². The molecule has 0 saturated heterocycles. The van der Waals surface area contributed by atoms with Crippen LogP contribution in [-0.2, 0) is 43.2 Å². The molecule has 0 heterocycles. The van der Waals surface area contributed by atoms with Crippen molar-refractivity contribution in [2.45, 2.75) is 83.8 Å². The Balaban J connectivity index is 1.81. The molecule has 3 aromatic carbocycles. The van der Waals surface area contributed by atoms with Crippen LogP contribution in [0.25, 0.3) is 0 Å². The van der Waals surface area contributed by atoms with Crippen molar-refractivity contribution in [2.24, 2.45) is 5.92 Å². The fraction of sp³-hybridized carbons (Fsp3) is 0.459. The van der Waals surface area contributed by atoms with Gasteiger partial charge in [-0.3, -0.25) is 0 Å². The van der Waals surface area contributed by atoms with Crippen molar-refractivity contribution in [2.75, 3.05) is 20.8 Å². The number of amides is 1. The molecule has 1 N–H and O–H groups in total. The Kier molecular flexibility index (Phi) is 14.5. The third-order valence-corrected chi connectivity index (χ3v) is 7.61. The quantitative estimate of drug-likeness (QED) is 0.158. The number of alkyl carbamates (subject to hydrolysis) is 1. The van der Waals surface area contributed by atoms with E-state index in [1.54, 1.807) is 40.0 Å². The molecule has 0 bridgehead atoms. The molecule has 0 fully saturated rings. The largest absolute Gasteiger partial charge is 0.497 e. The summed E-state index contributed by atoms with van der Waals surface area (Å²) >= 11 is 0. The highest BCUT2D eigenvalue weighted by Crippen LogP contribution is 2.27. The van der Waals surface area contributed by atoms with Crippen molar-refractivity contribution in [3.05, 3.63) is 101 Å². The minimum atomic E-state index is -0.950. The second kappa shape index (κ2) is 18.3. The Bertz CT molecular complexity index is 1330. The zero-order valence-corrected chi connectivity index (χ0v) is 27.8. The molecule has 0 aliphatic carbocycles. The SMILES string of the molecule is COC(=O)[C@H](CCO[C@H](CCc1ccccc1)[C@@H](Cc1ccc(F)cc1)[C@H](C)OCc1ccc(OC)cc1)NC(=O)OC(C)(C)C. The molecule has 0 aromatic heterocycles. The Labute approximate surface area is 272 Å². The Morgan fingerprint density at radius 1 is 0.826 bits per heavy atom. The maximum Gasteiger partial charge on any atom is 0.408 e. The monoisotopic (exact) mass is 637 g/mol. The van der Waals surface area contributed by atoms with E-state index in [1.165, 1.54) is 24.8 Å². The number of halogens is 1. The first-order valence-corrected chi connectivity index (χ1v) is 15.7. The first-order chi connectivity index (χ1) is 22.0. The number of benzene rings is 3. The van der Waals surface area contributed by atoms with Crippen molar-refractivity contribution in [1.29, 1.82) is 0 Å². The van der Waals surface area contributed by atoms with Crippen LogP contribution in [0.15, 0.2) is 78.9 Å². The van der Waals surface area contributed by atoms with Crippen LogP contribution in [0.4, 0.5) is 9.18 Å². The number of hydrogen-bond acceptors (Lipinski definition) is 7. The van der Waals surface area contributed by atoms with E-state index in [2.05, 4.69) is 17.4 Å². The normalized spacial score (nSPS) is 14.1. The molecule has 4 atom stereocenters. The molecule has 250 valence electrons. The summed E-state index contributed by atoms with van der Waals surface area (Å²) in [6.07, 6.45) is 0.943. The van der Waals surface area contributed by atoms with Crippen LogP contribution in [0.1, 0.15) is 57.2 Å². The summed E-state index contributed by atoms with van der Waals surface area (Å²) in [6, 6.07) is 23.4. The molecule has 9 heteroatoms. The van der Waals surface area contributed by atoms with Gasteiger partial charge in [0.1, 0.15) is 23.2 Å². The van der Waals surface area contributed by atoms with E-state index in [4.69, 9.17) is 23.7 Å². The predicted molar refractivity (Wildman–Crippen MR) is 175 cm³/mol. The van der Waals surface area contributed by atoms with Gasteiger partial charge in [-0.2, -0.15) is 0 Å². The lowest BCUT2D eigenvalue weighted by atomic mass is 9.86. The smallest absolute Gasteiger partial charge is 0.408 e. The van der Waals surface area contributed by atoms with Crippen LogP contribution >= 0.6 is 0 Å². The lowest BCUT2D eigenvalue weighted by Gasteiger charge is -2.33. The number of aryl methyl sites for hydroxylation is 1. The molecule has 1 amide bonds. The average Bonchev–Trinajstić information content (AvgIpc) is 3.04. The minimum absolute atomic E-state index is 0.122. The fourth-order valence-corrected chi connectivity index (χ4v) is 5.12. The van der Waals surface area contributed by atoms with E-state index in [9.17, 15) is 14.0 Å². The predicted octanol–water partition coefficient (Wildman–Crippen LogP) is 7.07. The van der Waals surface area contributed by atoms with Crippen LogP contribution < -0.4 is 10.1 Å². The molecule has 3 aromatic rings. The summed E-state index contributed by atoms with van der Waals surface area (Å²) in [6.45, 7) is 7.83. The molecule has 46 heavy (non-hydrogen) atoms. The standard InChI is InChI=1S/C37H48FNO7/c1-26(45-25-29-14-19-31(42-5)20-15-29)32(24-28-12-17-30(38)18-13-28)34(21-16-27-10-8-7-9-11-27)44-23-22-33(35(40)43-6)39-36(41)46-37(2,3)4/h7-15,17-20,26,32-34H,16,21-25H2,1-6H3,(H,39,41)/t26-,32-,33-,34+/m0/s1. The van der Waals surface area contributed by atoms with E-state index >= 15 is 0 Å². The molecule has 0 saturated carbocycles. The highest BCUT2D eigenvalue weighted by atomic mass is 19.1. The number of ether oxygens (including phenoxy) is 5. The van der Waals surface area contributed by atoms with Gasteiger partial charge in [0.2, 0.25) is 0 Å². The molecule has 8 nitrogen and oxygen atoms in total. The summed E-state index contributed by atoms with van der Waals surface area (Å²) < 4.78 is 42.4. The number of esters is 1. The van der Waals surface area contributed by atoms with Crippen LogP contribution in [0.5, 0.6) is 5.75 Å². The lowest BCUT2D eigenvalue weighted by Crippen LogP contribution is -2.45. The Morgan fingerprint density at radius 2 is 1.48 bits per heavy atom. The number of carbonyl (C=O) groups is 2. The maximum absolute atomic E-state index is 13.8. The van der Waals surface area contributed by atoms with Crippen LogP contribution in [0, 0.1) is 11.7 Å². The van der Waals surface area contributed by atoms with Gasteiger partial charge in [-0.15, -0.1) is 0 Å². The average molecular weight is 638 g/mol. The second-order valence-electron chi connectivity index (χ2n) is 12.3. The third kappa shape index (κ3) is 12.8. The lowest BCUT2D eigenvalue weighted by molar-refractivity contribution is -0.144. The summed E-state index contributed by atoms with van der Waals surface area (Å²) in [5.74, 6) is -0.240. The number of hydrogen-bond donors (Lipinski definition) is 1. The zero-order valence-electron chi connectivity index (χ0n) is 27.8. The third-order valence-electron chi connectivity index (χ3n) is 7.61. The highest BCUT2D eigenvalue weighted by molar-refractivity contribution is 5.81. The van der Waals surface area contributed by atoms with Crippen molar-refractivity contribution < 1.29 is 37.7 Å².